The highest BCUT2D eigenvalue weighted by Gasteiger charge is 2.15. The Balaban J connectivity index is 1.60. The van der Waals surface area contributed by atoms with E-state index < -0.39 is 0 Å². The molecular formula is C21H13ClIN3OS2. The Morgan fingerprint density at radius 3 is 2.62 bits per heavy atom. The maximum atomic E-state index is 12.5. The van der Waals surface area contributed by atoms with E-state index >= 15 is 0 Å². The molecule has 0 saturated carbocycles. The number of nitrogens with one attached hydrogen (secondary N) is 2. The highest BCUT2D eigenvalue weighted by Crippen LogP contribution is 2.35. The van der Waals surface area contributed by atoms with Gasteiger partial charge in [-0.15, -0.1) is 11.3 Å². The fraction of sp³-hybridized carbons (Fsp3) is 0. The summed E-state index contributed by atoms with van der Waals surface area (Å²) >= 11 is 15.3. The maximum Gasteiger partial charge on any atom is 0.258 e. The van der Waals surface area contributed by atoms with Gasteiger partial charge >= 0.3 is 0 Å². The summed E-state index contributed by atoms with van der Waals surface area (Å²) in [5.41, 5.74) is 3.01. The van der Waals surface area contributed by atoms with Gasteiger partial charge in [0, 0.05) is 9.13 Å². The molecule has 4 aromatic rings. The van der Waals surface area contributed by atoms with Gasteiger partial charge in [-0.25, -0.2) is 4.98 Å². The molecule has 0 aliphatic rings. The van der Waals surface area contributed by atoms with Crippen molar-refractivity contribution in [3.8, 4) is 10.6 Å². The van der Waals surface area contributed by atoms with Crippen LogP contribution in [0.25, 0.3) is 20.8 Å². The molecule has 144 valence electrons. The number of nitrogens with zero attached hydrogens (tertiary/aromatic N) is 1. The van der Waals surface area contributed by atoms with Crippen molar-refractivity contribution in [2.75, 3.05) is 5.32 Å². The van der Waals surface area contributed by atoms with Crippen molar-refractivity contribution in [1.29, 1.82) is 0 Å². The van der Waals surface area contributed by atoms with Crippen molar-refractivity contribution < 1.29 is 4.79 Å². The lowest BCUT2D eigenvalue weighted by Crippen LogP contribution is -2.34. The Kier molecular flexibility index (Phi) is 6.09. The van der Waals surface area contributed by atoms with Gasteiger partial charge in [-0.2, -0.15) is 0 Å². The first-order valence-corrected chi connectivity index (χ1v) is 11.2. The average Bonchev–Trinajstić information content (AvgIpc) is 3.13. The summed E-state index contributed by atoms with van der Waals surface area (Å²) in [7, 11) is 0. The Labute approximate surface area is 195 Å². The van der Waals surface area contributed by atoms with Crippen LogP contribution < -0.4 is 10.6 Å². The summed E-state index contributed by atoms with van der Waals surface area (Å²) in [6, 6.07) is 20.8. The topological polar surface area (TPSA) is 54.0 Å². The molecule has 0 aliphatic carbocycles. The largest absolute Gasteiger partial charge is 0.332 e. The summed E-state index contributed by atoms with van der Waals surface area (Å²) < 4.78 is 2.19. The van der Waals surface area contributed by atoms with Crippen molar-refractivity contribution >= 4 is 84.7 Å². The molecule has 0 saturated heterocycles. The molecule has 8 heteroatoms. The minimum absolute atomic E-state index is 0.193. The van der Waals surface area contributed by atoms with Crippen LogP contribution in [0.2, 0.25) is 5.02 Å². The van der Waals surface area contributed by atoms with Crippen molar-refractivity contribution in [3.05, 3.63) is 80.9 Å². The lowest BCUT2D eigenvalue weighted by atomic mass is 10.2. The fourth-order valence-corrected chi connectivity index (χ4v) is 4.67. The van der Waals surface area contributed by atoms with Gasteiger partial charge in [0.05, 0.1) is 26.5 Å². The molecule has 4 rings (SSSR count). The van der Waals surface area contributed by atoms with Gasteiger partial charge in [0.15, 0.2) is 5.11 Å². The fourth-order valence-electron chi connectivity index (χ4n) is 2.76. The summed E-state index contributed by atoms with van der Waals surface area (Å²) in [5.74, 6) is -0.361. The van der Waals surface area contributed by atoms with E-state index in [2.05, 4.69) is 33.2 Å². The van der Waals surface area contributed by atoms with Crippen molar-refractivity contribution in [3.63, 3.8) is 0 Å². The predicted molar refractivity (Wildman–Crippen MR) is 133 cm³/mol. The average molecular weight is 550 g/mol. The molecule has 0 aliphatic heterocycles. The Hall–Kier alpha value is -2.07. The number of rotatable bonds is 3. The molecule has 0 unspecified atom stereocenters. The van der Waals surface area contributed by atoms with E-state index in [1.807, 2.05) is 42.5 Å². The quantitative estimate of drug-likeness (QED) is 0.231. The van der Waals surface area contributed by atoms with Gasteiger partial charge in [-0.05, 0) is 77.3 Å². The maximum absolute atomic E-state index is 12.5. The molecule has 2 N–H and O–H groups in total. The van der Waals surface area contributed by atoms with Gasteiger partial charge in [0.25, 0.3) is 5.91 Å². The molecule has 1 aromatic heterocycles. The van der Waals surface area contributed by atoms with Crippen LogP contribution in [0, 0.1) is 3.57 Å². The van der Waals surface area contributed by atoms with Crippen molar-refractivity contribution in [2.45, 2.75) is 0 Å². The number of aromatic nitrogens is 1. The molecule has 0 bridgehead atoms. The number of benzene rings is 3. The number of para-hydroxylation sites is 1. The minimum Gasteiger partial charge on any atom is -0.332 e. The van der Waals surface area contributed by atoms with Gasteiger partial charge in [0.2, 0.25) is 0 Å². The Morgan fingerprint density at radius 2 is 1.83 bits per heavy atom. The first kappa shape index (κ1) is 20.2. The van der Waals surface area contributed by atoms with Crippen LogP contribution >= 0.6 is 57.7 Å². The highest BCUT2D eigenvalue weighted by molar-refractivity contribution is 14.1. The van der Waals surface area contributed by atoms with E-state index in [0.717, 1.165) is 30.0 Å². The molecular weight excluding hydrogens is 537 g/mol. The molecule has 0 spiro atoms. The van der Waals surface area contributed by atoms with E-state index in [0.29, 0.717) is 10.6 Å². The second kappa shape index (κ2) is 8.74. The molecule has 0 fully saturated rings. The third kappa shape index (κ3) is 4.58. The Morgan fingerprint density at radius 1 is 1.07 bits per heavy atom. The molecule has 1 heterocycles. The van der Waals surface area contributed by atoms with E-state index in [4.69, 9.17) is 28.8 Å². The second-order valence-electron chi connectivity index (χ2n) is 6.06. The number of anilines is 1. The molecule has 0 atom stereocenters. The smallest absolute Gasteiger partial charge is 0.258 e. The van der Waals surface area contributed by atoms with E-state index in [1.54, 1.807) is 35.6 Å². The lowest BCUT2D eigenvalue weighted by molar-refractivity contribution is 0.0978. The van der Waals surface area contributed by atoms with Crippen molar-refractivity contribution in [2.24, 2.45) is 0 Å². The van der Waals surface area contributed by atoms with Crippen LogP contribution in [0.15, 0.2) is 66.7 Å². The molecule has 4 nitrogen and oxygen atoms in total. The number of carbonyl (C=O) groups is 1. The zero-order valence-electron chi connectivity index (χ0n) is 14.8. The summed E-state index contributed by atoms with van der Waals surface area (Å²) in [5, 5.41) is 7.25. The number of thiocarbonyl (C=S) groups is 1. The van der Waals surface area contributed by atoms with Crippen LogP contribution in [0.4, 0.5) is 5.69 Å². The van der Waals surface area contributed by atoms with Gasteiger partial charge in [-0.3, -0.25) is 10.1 Å². The van der Waals surface area contributed by atoms with Crippen LogP contribution in [-0.4, -0.2) is 16.0 Å². The SMILES string of the molecule is O=C(NC(=S)Nc1ccc(I)cc1-c1nc2ccccc2s1)c1ccccc1Cl. The zero-order chi connectivity index (χ0) is 20.4. The summed E-state index contributed by atoms with van der Waals surface area (Å²) in [6.07, 6.45) is 0. The van der Waals surface area contributed by atoms with Gasteiger partial charge < -0.3 is 5.32 Å². The molecule has 1 amide bonds. The van der Waals surface area contributed by atoms with Gasteiger partial charge in [0.1, 0.15) is 5.01 Å². The first-order chi connectivity index (χ1) is 14.0. The monoisotopic (exact) mass is 549 g/mol. The van der Waals surface area contributed by atoms with Crippen LogP contribution in [0.1, 0.15) is 10.4 Å². The Bertz CT molecular complexity index is 1210. The number of carbonyl (C=O) groups excluding carboxylic acids is 1. The number of amides is 1. The normalized spacial score (nSPS) is 10.7. The number of fused-ring (bicyclic) bond motifs is 1. The number of halogens is 2. The summed E-state index contributed by atoms with van der Waals surface area (Å²) in [6.45, 7) is 0. The molecule has 3 aromatic carbocycles. The third-order valence-corrected chi connectivity index (χ3v) is 6.37. The summed E-state index contributed by atoms with van der Waals surface area (Å²) in [4.78, 5) is 17.2. The standard InChI is InChI=1S/C21H13ClIN3OS2/c22-15-6-2-1-5-13(15)19(27)26-21(28)25-16-10-9-12(23)11-14(16)20-24-17-7-3-4-8-18(17)29-20/h1-11H,(H2,25,26,27,28). The number of hydrogen-bond donors (Lipinski definition) is 2. The zero-order valence-corrected chi connectivity index (χ0v) is 19.3. The lowest BCUT2D eigenvalue weighted by Gasteiger charge is -2.13. The minimum atomic E-state index is -0.361. The van der Waals surface area contributed by atoms with Crippen LogP contribution in [0.5, 0.6) is 0 Å². The molecule has 29 heavy (non-hydrogen) atoms. The highest BCUT2D eigenvalue weighted by atomic mass is 127. The predicted octanol–water partition coefficient (Wildman–Crippen LogP) is 6.35. The number of thiazole rings is 1. The van der Waals surface area contributed by atoms with Gasteiger partial charge in [-0.1, -0.05) is 35.9 Å². The second-order valence-corrected chi connectivity index (χ2v) is 9.16. The number of hydrogen-bond acceptors (Lipinski definition) is 4. The first-order valence-electron chi connectivity index (χ1n) is 8.53. The molecule has 0 radical (unpaired) electrons. The third-order valence-electron chi connectivity index (χ3n) is 4.10. The van der Waals surface area contributed by atoms with E-state index in [9.17, 15) is 4.79 Å². The van der Waals surface area contributed by atoms with Crippen molar-refractivity contribution in [1.82, 2.24) is 10.3 Å². The van der Waals surface area contributed by atoms with Crippen LogP contribution in [-0.2, 0) is 0 Å². The van der Waals surface area contributed by atoms with Crippen LogP contribution in [0.3, 0.4) is 0 Å². The van der Waals surface area contributed by atoms with E-state index in [1.165, 1.54) is 0 Å². The van der Waals surface area contributed by atoms with E-state index in [-0.39, 0.29) is 11.0 Å².